The Bertz CT molecular complexity index is 310. The number of Topliss-reactive ketones (excluding diaryl/α,β-unsaturated/α-hetero) is 1. The molecule has 0 radical (unpaired) electrons. The predicted molar refractivity (Wildman–Crippen MR) is 48.3 cm³/mol. The van der Waals surface area contributed by atoms with Crippen LogP contribution in [0.3, 0.4) is 0 Å². The molecular formula is C8H14N4O. The van der Waals surface area contributed by atoms with E-state index in [0.29, 0.717) is 12.4 Å². The molecule has 72 valence electrons. The van der Waals surface area contributed by atoms with Gasteiger partial charge in [0.05, 0.1) is 5.54 Å². The second-order valence-corrected chi connectivity index (χ2v) is 3.45. The van der Waals surface area contributed by atoms with E-state index in [4.69, 9.17) is 5.73 Å². The lowest BCUT2D eigenvalue weighted by atomic mass is 10.0. The highest BCUT2D eigenvalue weighted by atomic mass is 16.1. The molecule has 0 bridgehead atoms. The fourth-order valence-electron chi connectivity index (χ4n) is 0.960. The van der Waals surface area contributed by atoms with Crippen LogP contribution in [0.25, 0.3) is 0 Å². The van der Waals surface area contributed by atoms with Crippen molar-refractivity contribution in [2.45, 2.75) is 32.9 Å². The minimum absolute atomic E-state index is 0.188. The average molecular weight is 182 g/mol. The summed E-state index contributed by atoms with van der Waals surface area (Å²) in [4.78, 5) is 15.5. The van der Waals surface area contributed by atoms with Gasteiger partial charge in [0.25, 0.3) is 0 Å². The van der Waals surface area contributed by atoms with E-state index in [2.05, 4.69) is 10.1 Å². The van der Waals surface area contributed by atoms with Crippen molar-refractivity contribution in [2.24, 2.45) is 5.73 Å². The van der Waals surface area contributed by atoms with E-state index in [-0.39, 0.29) is 5.78 Å². The number of nitrogens with two attached hydrogens (primary N) is 1. The van der Waals surface area contributed by atoms with Crippen LogP contribution >= 0.6 is 0 Å². The largest absolute Gasteiger partial charge is 0.319 e. The summed E-state index contributed by atoms with van der Waals surface area (Å²) < 4.78 is 1.54. The van der Waals surface area contributed by atoms with Gasteiger partial charge in [0, 0.05) is 6.54 Å². The van der Waals surface area contributed by atoms with Crippen LogP contribution in [0.2, 0.25) is 0 Å². The van der Waals surface area contributed by atoms with Gasteiger partial charge >= 0.3 is 0 Å². The molecule has 0 aliphatic carbocycles. The predicted octanol–water partition coefficient (Wildman–Crippen LogP) is 0.218. The van der Waals surface area contributed by atoms with Crippen LogP contribution < -0.4 is 5.73 Å². The minimum Gasteiger partial charge on any atom is -0.319 e. The molecule has 0 saturated carbocycles. The summed E-state index contributed by atoms with van der Waals surface area (Å²) in [5, 5.41) is 3.90. The van der Waals surface area contributed by atoms with Gasteiger partial charge < -0.3 is 5.73 Å². The molecule has 0 aromatic carbocycles. The first-order valence-electron chi connectivity index (χ1n) is 4.18. The fourth-order valence-corrected chi connectivity index (χ4v) is 0.960. The average Bonchev–Trinajstić information content (AvgIpc) is 2.48. The van der Waals surface area contributed by atoms with E-state index >= 15 is 0 Å². The van der Waals surface area contributed by atoms with Gasteiger partial charge in [-0.05, 0) is 20.8 Å². The maximum Gasteiger partial charge on any atom is 0.218 e. The molecule has 0 atom stereocenters. The van der Waals surface area contributed by atoms with E-state index in [1.54, 1.807) is 13.8 Å². The molecule has 0 fully saturated rings. The van der Waals surface area contributed by atoms with E-state index < -0.39 is 5.54 Å². The number of aryl methyl sites for hydroxylation is 1. The van der Waals surface area contributed by atoms with E-state index in [0.717, 1.165) is 0 Å². The van der Waals surface area contributed by atoms with Crippen molar-refractivity contribution in [3.8, 4) is 0 Å². The molecule has 5 heteroatoms. The number of rotatable bonds is 3. The smallest absolute Gasteiger partial charge is 0.218 e. The Kier molecular flexibility index (Phi) is 2.47. The molecule has 13 heavy (non-hydrogen) atoms. The highest BCUT2D eigenvalue weighted by molar-refractivity contribution is 5.99. The van der Waals surface area contributed by atoms with Crippen LogP contribution in [0, 0.1) is 0 Å². The fraction of sp³-hybridized carbons (Fsp3) is 0.625. The van der Waals surface area contributed by atoms with Gasteiger partial charge in [0.2, 0.25) is 5.78 Å². The van der Waals surface area contributed by atoms with E-state index in [1.165, 1.54) is 11.0 Å². The molecule has 2 N–H and O–H groups in total. The molecule has 0 spiro atoms. The van der Waals surface area contributed by atoms with Crippen LogP contribution in [0.4, 0.5) is 0 Å². The summed E-state index contributed by atoms with van der Waals surface area (Å²) in [6.45, 7) is 5.83. The summed E-state index contributed by atoms with van der Waals surface area (Å²) in [7, 11) is 0. The van der Waals surface area contributed by atoms with Crippen molar-refractivity contribution in [1.82, 2.24) is 14.8 Å². The molecule has 1 heterocycles. The number of aromatic nitrogens is 3. The molecule has 5 nitrogen and oxygen atoms in total. The Morgan fingerprint density at radius 2 is 2.31 bits per heavy atom. The third-order valence-corrected chi connectivity index (χ3v) is 1.70. The van der Waals surface area contributed by atoms with Crippen LogP contribution in [0.15, 0.2) is 6.33 Å². The summed E-state index contributed by atoms with van der Waals surface area (Å²) in [6.07, 6.45) is 1.36. The van der Waals surface area contributed by atoms with Gasteiger partial charge in [-0.1, -0.05) is 0 Å². The topological polar surface area (TPSA) is 73.8 Å². The van der Waals surface area contributed by atoms with E-state index in [1.807, 2.05) is 6.92 Å². The van der Waals surface area contributed by atoms with Crippen molar-refractivity contribution in [3.05, 3.63) is 12.2 Å². The third-order valence-electron chi connectivity index (χ3n) is 1.70. The van der Waals surface area contributed by atoms with Crippen molar-refractivity contribution in [1.29, 1.82) is 0 Å². The second kappa shape index (κ2) is 3.26. The van der Waals surface area contributed by atoms with Crippen LogP contribution in [0.1, 0.15) is 31.4 Å². The Hall–Kier alpha value is -1.23. The molecule has 0 aliphatic heterocycles. The normalized spacial score (nSPS) is 11.7. The Morgan fingerprint density at radius 1 is 1.69 bits per heavy atom. The number of hydrogen-bond acceptors (Lipinski definition) is 4. The first-order chi connectivity index (χ1) is 5.96. The maximum absolute atomic E-state index is 11.7. The van der Waals surface area contributed by atoms with Crippen molar-refractivity contribution < 1.29 is 4.79 Å². The van der Waals surface area contributed by atoms with Gasteiger partial charge in [-0.2, -0.15) is 5.10 Å². The standard InChI is InChI=1S/C8H14N4O/c1-4-12-7(10-5-11-12)6(13)8(2,3)9/h5H,4,9H2,1-3H3. The highest BCUT2D eigenvalue weighted by Crippen LogP contribution is 2.07. The number of carbonyl (C=O) groups excluding carboxylic acids is 1. The third kappa shape index (κ3) is 1.92. The molecule has 1 rings (SSSR count). The maximum atomic E-state index is 11.7. The second-order valence-electron chi connectivity index (χ2n) is 3.45. The molecule has 0 saturated heterocycles. The van der Waals surface area contributed by atoms with Gasteiger partial charge in [0.15, 0.2) is 5.82 Å². The zero-order valence-corrected chi connectivity index (χ0v) is 8.11. The van der Waals surface area contributed by atoms with Crippen LogP contribution in [-0.4, -0.2) is 26.1 Å². The zero-order chi connectivity index (χ0) is 10.1. The van der Waals surface area contributed by atoms with Crippen molar-refractivity contribution in [3.63, 3.8) is 0 Å². The Labute approximate surface area is 76.9 Å². The van der Waals surface area contributed by atoms with Crippen molar-refractivity contribution >= 4 is 5.78 Å². The summed E-state index contributed by atoms with van der Waals surface area (Å²) in [6, 6.07) is 0. The number of carbonyl (C=O) groups is 1. The number of nitrogens with zero attached hydrogens (tertiary/aromatic N) is 3. The first-order valence-corrected chi connectivity index (χ1v) is 4.18. The SMILES string of the molecule is CCn1ncnc1C(=O)C(C)(C)N. The molecule has 1 aromatic heterocycles. The molecule has 1 aromatic rings. The Balaban J connectivity index is 3.02. The first kappa shape index (κ1) is 9.85. The van der Waals surface area contributed by atoms with Gasteiger partial charge in [-0.15, -0.1) is 0 Å². The summed E-state index contributed by atoms with van der Waals surface area (Å²) in [5.74, 6) is 0.141. The number of hydrogen-bond donors (Lipinski definition) is 1. The monoisotopic (exact) mass is 182 g/mol. The van der Waals surface area contributed by atoms with Gasteiger partial charge in [-0.25, -0.2) is 9.67 Å². The molecule has 0 aliphatic rings. The lowest BCUT2D eigenvalue weighted by Gasteiger charge is -2.15. The van der Waals surface area contributed by atoms with E-state index in [9.17, 15) is 4.79 Å². The molecule has 0 unspecified atom stereocenters. The zero-order valence-electron chi connectivity index (χ0n) is 8.11. The lowest BCUT2D eigenvalue weighted by molar-refractivity contribution is 0.0897. The Morgan fingerprint density at radius 3 is 2.77 bits per heavy atom. The summed E-state index contributed by atoms with van der Waals surface area (Å²) in [5.41, 5.74) is 4.77. The van der Waals surface area contributed by atoms with Crippen molar-refractivity contribution in [2.75, 3.05) is 0 Å². The minimum atomic E-state index is -0.889. The summed E-state index contributed by atoms with van der Waals surface area (Å²) >= 11 is 0. The van der Waals surface area contributed by atoms with Gasteiger partial charge in [-0.3, -0.25) is 4.79 Å². The lowest BCUT2D eigenvalue weighted by Crippen LogP contribution is -2.42. The quantitative estimate of drug-likeness (QED) is 0.678. The van der Waals surface area contributed by atoms with Crippen LogP contribution in [-0.2, 0) is 6.54 Å². The number of ketones is 1. The molecule has 0 amide bonds. The highest BCUT2D eigenvalue weighted by Gasteiger charge is 2.27. The van der Waals surface area contributed by atoms with Gasteiger partial charge in [0.1, 0.15) is 6.33 Å². The van der Waals surface area contributed by atoms with Crippen LogP contribution in [0.5, 0.6) is 0 Å². The molecular weight excluding hydrogens is 168 g/mol.